The number of rotatable bonds is 5. The standard InChI is InChI=1S/C27H23F4N7O2S/c1-36-15-22(14-34-36)41(32,40)37-9-7-18-11-24-17(13-35-38(24)21-4-2-20(28)3-5-21)12-26(18,16-37)25(39)23-10-19(6-8-33-23)27(29,30)31/h2-6,8,10-11,13-15,32H,7,9,12,16H2,1H3/t26-,41?/m0/s1. The van der Waals surface area contributed by atoms with Gasteiger partial charge < -0.3 is 0 Å². The van der Waals surface area contributed by atoms with E-state index in [0.29, 0.717) is 22.5 Å². The highest BCUT2D eigenvalue weighted by Crippen LogP contribution is 2.47. The number of hydrogen-bond acceptors (Lipinski definition) is 6. The van der Waals surface area contributed by atoms with E-state index in [1.807, 2.05) is 0 Å². The van der Waals surface area contributed by atoms with Crippen LogP contribution in [0.15, 0.2) is 71.7 Å². The van der Waals surface area contributed by atoms with E-state index in [-0.39, 0.29) is 36.5 Å². The molecule has 212 valence electrons. The van der Waals surface area contributed by atoms with Crippen LogP contribution in [-0.2, 0) is 29.6 Å². The Labute approximate surface area is 232 Å². The second kappa shape index (κ2) is 9.45. The fourth-order valence-corrected chi connectivity index (χ4v) is 7.02. The summed E-state index contributed by atoms with van der Waals surface area (Å²) in [5, 5.41) is 8.46. The molecule has 1 N–H and O–H groups in total. The van der Waals surface area contributed by atoms with Crippen LogP contribution < -0.4 is 0 Å². The number of nitrogens with zero attached hydrogens (tertiary/aromatic N) is 6. The van der Waals surface area contributed by atoms with Crippen LogP contribution in [0.5, 0.6) is 0 Å². The van der Waals surface area contributed by atoms with Gasteiger partial charge in [-0.1, -0.05) is 5.57 Å². The smallest absolute Gasteiger partial charge is 0.291 e. The number of nitrogens with one attached hydrogen (secondary N) is 1. The second-order valence-corrected chi connectivity index (χ2v) is 12.2. The van der Waals surface area contributed by atoms with Gasteiger partial charge in [-0.2, -0.15) is 23.4 Å². The number of piperidine rings is 1. The predicted octanol–water partition coefficient (Wildman–Crippen LogP) is 4.69. The van der Waals surface area contributed by atoms with Gasteiger partial charge in [0, 0.05) is 32.5 Å². The number of hydrogen-bond donors (Lipinski definition) is 1. The average molecular weight is 586 g/mol. The Hall–Kier alpha value is -4.17. The molecule has 2 atom stereocenters. The van der Waals surface area contributed by atoms with Crippen LogP contribution in [0.4, 0.5) is 17.6 Å². The zero-order valence-electron chi connectivity index (χ0n) is 21.6. The van der Waals surface area contributed by atoms with Crippen molar-refractivity contribution in [2.45, 2.75) is 23.9 Å². The first-order valence-electron chi connectivity index (χ1n) is 12.5. The summed E-state index contributed by atoms with van der Waals surface area (Å²) >= 11 is 0. The van der Waals surface area contributed by atoms with Gasteiger partial charge in [0.25, 0.3) is 0 Å². The van der Waals surface area contributed by atoms with Gasteiger partial charge in [-0.15, -0.1) is 0 Å². The molecule has 1 unspecified atom stereocenters. The summed E-state index contributed by atoms with van der Waals surface area (Å²) in [5.41, 5.74) is -0.366. The van der Waals surface area contributed by atoms with Crippen molar-refractivity contribution in [3.05, 3.63) is 95.1 Å². The Kier molecular flexibility index (Phi) is 6.23. The number of alkyl halides is 3. The van der Waals surface area contributed by atoms with Crippen molar-refractivity contribution in [1.82, 2.24) is 28.9 Å². The molecular weight excluding hydrogens is 562 g/mol. The van der Waals surface area contributed by atoms with E-state index in [2.05, 4.69) is 15.2 Å². The minimum atomic E-state index is -4.68. The van der Waals surface area contributed by atoms with Crippen molar-refractivity contribution in [2.24, 2.45) is 12.5 Å². The van der Waals surface area contributed by atoms with Crippen LogP contribution in [0.3, 0.4) is 0 Å². The molecule has 2 aliphatic rings. The van der Waals surface area contributed by atoms with Crippen LogP contribution in [0.25, 0.3) is 11.8 Å². The Morgan fingerprint density at radius 1 is 1.12 bits per heavy atom. The number of carbonyl (C=O) groups is 1. The lowest BCUT2D eigenvalue weighted by Crippen LogP contribution is -2.53. The molecule has 1 aliphatic heterocycles. The van der Waals surface area contributed by atoms with E-state index < -0.39 is 38.7 Å². The molecule has 3 aromatic heterocycles. The number of Topliss-reactive ketones (excluding diaryl/α,β-unsaturated/α-hetero) is 1. The highest BCUT2D eigenvalue weighted by atomic mass is 32.2. The molecule has 6 rings (SSSR count). The lowest BCUT2D eigenvalue weighted by molar-refractivity contribution is -0.137. The maximum atomic E-state index is 14.2. The van der Waals surface area contributed by atoms with Crippen LogP contribution in [0.2, 0.25) is 0 Å². The molecule has 1 aromatic carbocycles. The molecule has 4 aromatic rings. The lowest BCUT2D eigenvalue weighted by Gasteiger charge is -2.45. The number of pyridine rings is 1. The minimum Gasteiger partial charge on any atom is -0.291 e. The molecule has 41 heavy (non-hydrogen) atoms. The molecule has 1 aliphatic carbocycles. The van der Waals surface area contributed by atoms with Gasteiger partial charge >= 0.3 is 6.18 Å². The van der Waals surface area contributed by atoms with Crippen molar-refractivity contribution in [3.8, 4) is 5.69 Å². The van der Waals surface area contributed by atoms with Gasteiger partial charge in [-0.05, 0) is 60.9 Å². The third kappa shape index (κ3) is 4.56. The van der Waals surface area contributed by atoms with Gasteiger partial charge in [0.1, 0.15) is 26.3 Å². The largest absolute Gasteiger partial charge is 0.416 e. The highest BCUT2D eigenvalue weighted by Gasteiger charge is 2.51. The van der Waals surface area contributed by atoms with E-state index in [0.717, 1.165) is 18.3 Å². The normalized spacial score (nSPS) is 20.6. The molecule has 14 heteroatoms. The van der Waals surface area contributed by atoms with Crippen molar-refractivity contribution in [1.29, 1.82) is 4.78 Å². The molecule has 1 fully saturated rings. The first-order chi connectivity index (χ1) is 19.4. The van der Waals surface area contributed by atoms with Crippen molar-refractivity contribution < 1.29 is 26.6 Å². The van der Waals surface area contributed by atoms with Crippen molar-refractivity contribution in [2.75, 3.05) is 13.1 Å². The Morgan fingerprint density at radius 3 is 2.56 bits per heavy atom. The molecule has 0 radical (unpaired) electrons. The summed E-state index contributed by atoms with van der Waals surface area (Å²) in [6.45, 7) is -0.0257. The van der Waals surface area contributed by atoms with Gasteiger partial charge in [0.15, 0.2) is 5.78 Å². The van der Waals surface area contributed by atoms with Gasteiger partial charge in [0.05, 0.1) is 34.8 Å². The summed E-state index contributed by atoms with van der Waals surface area (Å²) in [6.07, 6.45) is 2.64. The monoisotopic (exact) mass is 585 g/mol. The number of ketones is 1. The fourth-order valence-electron chi connectivity index (χ4n) is 5.49. The summed E-state index contributed by atoms with van der Waals surface area (Å²) in [4.78, 5) is 18.4. The van der Waals surface area contributed by atoms with Gasteiger partial charge in [0.2, 0.25) is 0 Å². The summed E-state index contributed by atoms with van der Waals surface area (Å²) in [5.74, 6) is -1.08. The quantitative estimate of drug-likeness (QED) is 0.270. The first-order valence-corrected chi connectivity index (χ1v) is 14.0. The average Bonchev–Trinajstić information content (AvgIpc) is 3.57. The third-order valence-electron chi connectivity index (χ3n) is 7.57. The van der Waals surface area contributed by atoms with Crippen LogP contribution in [0, 0.1) is 16.0 Å². The zero-order valence-corrected chi connectivity index (χ0v) is 22.4. The second-order valence-electron chi connectivity index (χ2n) is 10.1. The minimum absolute atomic E-state index is 0.0329. The molecular formula is C27H23F4N7O2S. The third-order valence-corrected chi connectivity index (χ3v) is 9.46. The fraction of sp³-hybridized carbons (Fsp3) is 0.259. The van der Waals surface area contributed by atoms with Gasteiger partial charge in [-0.3, -0.25) is 14.5 Å². The Morgan fingerprint density at radius 2 is 1.88 bits per heavy atom. The molecule has 0 spiro atoms. The maximum Gasteiger partial charge on any atom is 0.416 e. The lowest BCUT2D eigenvalue weighted by atomic mass is 9.65. The molecule has 4 heterocycles. The zero-order chi connectivity index (χ0) is 29.2. The van der Waals surface area contributed by atoms with Crippen molar-refractivity contribution >= 4 is 21.8 Å². The topological polar surface area (TPSA) is 110 Å². The Balaban J connectivity index is 1.47. The molecule has 0 amide bonds. The number of carbonyl (C=O) groups excluding carboxylic acids is 1. The number of aryl methyl sites for hydroxylation is 1. The molecule has 9 nitrogen and oxygen atoms in total. The van der Waals surface area contributed by atoms with E-state index >= 15 is 0 Å². The number of aromatic nitrogens is 5. The molecule has 0 saturated carbocycles. The molecule has 0 bridgehead atoms. The summed E-state index contributed by atoms with van der Waals surface area (Å²) in [7, 11) is -1.96. The van der Waals surface area contributed by atoms with E-state index in [4.69, 9.17) is 4.78 Å². The van der Waals surface area contributed by atoms with Crippen LogP contribution in [-0.4, -0.2) is 51.9 Å². The van der Waals surface area contributed by atoms with E-state index in [1.165, 1.54) is 33.5 Å². The highest BCUT2D eigenvalue weighted by molar-refractivity contribution is 7.90. The number of benzene rings is 1. The summed E-state index contributed by atoms with van der Waals surface area (Å²) < 4.78 is 81.1. The van der Waals surface area contributed by atoms with Crippen molar-refractivity contribution in [3.63, 3.8) is 0 Å². The Bertz CT molecular complexity index is 1810. The summed E-state index contributed by atoms with van der Waals surface area (Å²) in [6, 6.07) is 7.24. The van der Waals surface area contributed by atoms with Crippen LogP contribution >= 0.6 is 0 Å². The van der Waals surface area contributed by atoms with E-state index in [1.54, 1.807) is 36.1 Å². The predicted molar refractivity (Wildman–Crippen MR) is 140 cm³/mol. The van der Waals surface area contributed by atoms with Crippen LogP contribution in [0.1, 0.15) is 33.7 Å². The molecule has 1 saturated heterocycles. The number of fused-ring (bicyclic) bond motifs is 2. The van der Waals surface area contributed by atoms with Gasteiger partial charge in [-0.25, -0.2) is 22.4 Å². The first kappa shape index (κ1) is 27.0. The van der Waals surface area contributed by atoms with E-state index in [9.17, 15) is 26.6 Å². The SMILES string of the molecule is Cn1cc(S(=N)(=O)N2CCC3=Cc4c(cnn4-c4ccc(F)cc4)C[C@]3(C(=O)c3cc(C(F)(F)F)ccn3)C2)cn1. The maximum absolute atomic E-state index is 14.2. The number of halogens is 4.